The summed E-state index contributed by atoms with van der Waals surface area (Å²) in [6.45, 7) is 7.53. The van der Waals surface area contributed by atoms with Gasteiger partial charge in [0, 0.05) is 5.69 Å². The third kappa shape index (κ3) is 3.15. The van der Waals surface area contributed by atoms with E-state index in [1.807, 2.05) is 27.7 Å². The van der Waals surface area contributed by atoms with E-state index < -0.39 is 30.9 Å². The second-order valence-corrected chi connectivity index (χ2v) is 5.93. The van der Waals surface area contributed by atoms with Crippen molar-refractivity contribution in [1.82, 2.24) is 4.98 Å². The van der Waals surface area contributed by atoms with E-state index in [-0.39, 0.29) is 5.69 Å². The second kappa shape index (κ2) is 4.74. The fourth-order valence-electron chi connectivity index (χ4n) is 1.90. The molecule has 0 radical (unpaired) electrons. The molecule has 110 valence electrons. The van der Waals surface area contributed by atoms with Gasteiger partial charge >= 0.3 is 13.3 Å². The summed E-state index contributed by atoms with van der Waals surface area (Å²) in [6, 6.07) is 4.50. The average molecular weight is 287 g/mol. The zero-order valence-electron chi connectivity index (χ0n) is 11.9. The van der Waals surface area contributed by atoms with E-state index in [2.05, 4.69) is 4.98 Å². The van der Waals surface area contributed by atoms with Crippen LogP contribution in [0, 0.1) is 0 Å². The first-order valence-electron chi connectivity index (χ1n) is 6.38. The molecule has 1 aliphatic heterocycles. The Labute approximate surface area is 116 Å². The van der Waals surface area contributed by atoms with Crippen molar-refractivity contribution in [2.45, 2.75) is 51.5 Å². The number of nitrogens with zero attached hydrogens (tertiary/aromatic N) is 1. The molecule has 3 nitrogen and oxygen atoms in total. The Kier molecular flexibility index (Phi) is 3.63. The molecule has 0 atom stereocenters. The molecule has 0 amide bonds. The molecule has 1 aromatic rings. The van der Waals surface area contributed by atoms with Crippen LogP contribution in [0.1, 0.15) is 33.4 Å². The Morgan fingerprint density at radius 1 is 1.10 bits per heavy atom. The van der Waals surface area contributed by atoms with Gasteiger partial charge < -0.3 is 9.31 Å². The van der Waals surface area contributed by atoms with Gasteiger partial charge in [-0.1, -0.05) is 6.07 Å². The van der Waals surface area contributed by atoms with Gasteiger partial charge in [0.2, 0.25) is 0 Å². The number of rotatable bonds is 2. The lowest BCUT2D eigenvalue weighted by Crippen LogP contribution is -2.41. The molecule has 20 heavy (non-hydrogen) atoms. The molecule has 0 aromatic carbocycles. The molecular formula is C13H17BF3NO2. The smallest absolute Gasteiger partial charge is 0.398 e. The fraction of sp³-hybridized carbons (Fsp3) is 0.615. The molecule has 1 fully saturated rings. The molecule has 0 saturated carbocycles. The number of pyridine rings is 1. The molecule has 0 unspecified atom stereocenters. The van der Waals surface area contributed by atoms with Gasteiger partial charge in [-0.2, -0.15) is 13.2 Å². The Bertz CT molecular complexity index is 487. The number of hydrogen-bond acceptors (Lipinski definition) is 3. The van der Waals surface area contributed by atoms with Gasteiger partial charge in [-0.25, -0.2) is 0 Å². The lowest BCUT2D eigenvalue weighted by atomic mass is 9.84. The van der Waals surface area contributed by atoms with E-state index in [0.29, 0.717) is 5.59 Å². The number of aromatic nitrogens is 1. The van der Waals surface area contributed by atoms with Gasteiger partial charge in [-0.3, -0.25) is 4.98 Å². The van der Waals surface area contributed by atoms with Crippen molar-refractivity contribution < 1.29 is 22.5 Å². The van der Waals surface area contributed by atoms with E-state index in [9.17, 15) is 13.2 Å². The SMILES string of the molecule is CC1(C)OB(c2cccc(CC(F)(F)F)n2)OC1(C)C. The van der Waals surface area contributed by atoms with E-state index in [1.54, 1.807) is 6.07 Å². The molecule has 7 heteroatoms. The molecule has 1 aromatic heterocycles. The van der Waals surface area contributed by atoms with E-state index in [0.717, 1.165) is 0 Å². The first kappa shape index (κ1) is 15.3. The van der Waals surface area contributed by atoms with Crippen LogP contribution in [-0.4, -0.2) is 29.5 Å². The molecule has 0 spiro atoms. The molecular weight excluding hydrogens is 270 g/mol. The minimum absolute atomic E-state index is 0.0373. The molecule has 1 aliphatic rings. The van der Waals surface area contributed by atoms with Crippen LogP contribution < -0.4 is 5.59 Å². The normalized spacial score (nSPS) is 21.2. The van der Waals surface area contributed by atoms with Crippen molar-refractivity contribution in [2.75, 3.05) is 0 Å². The maximum atomic E-state index is 12.4. The predicted octanol–water partition coefficient (Wildman–Crippen LogP) is 2.49. The molecule has 2 rings (SSSR count). The highest BCUT2D eigenvalue weighted by Gasteiger charge is 2.52. The Morgan fingerprint density at radius 3 is 2.15 bits per heavy atom. The molecule has 0 N–H and O–H groups in total. The van der Waals surface area contributed by atoms with Crippen LogP contribution in [0.3, 0.4) is 0 Å². The minimum Gasteiger partial charge on any atom is -0.398 e. The lowest BCUT2D eigenvalue weighted by Gasteiger charge is -2.32. The lowest BCUT2D eigenvalue weighted by molar-refractivity contribution is -0.127. The number of halogens is 3. The zero-order valence-corrected chi connectivity index (χ0v) is 11.9. The highest BCUT2D eigenvalue weighted by molar-refractivity contribution is 6.61. The van der Waals surface area contributed by atoms with Crippen LogP contribution in [0.25, 0.3) is 0 Å². The molecule has 2 heterocycles. The molecule has 0 aliphatic carbocycles. The van der Waals surface area contributed by atoms with Crippen molar-refractivity contribution in [3.05, 3.63) is 23.9 Å². The standard InChI is InChI=1S/C13H17BF3NO2/c1-11(2)12(3,4)20-14(19-11)10-7-5-6-9(18-10)8-13(15,16)17/h5-7H,8H2,1-4H3. The van der Waals surface area contributed by atoms with Crippen LogP contribution in [0.15, 0.2) is 18.2 Å². The van der Waals surface area contributed by atoms with Crippen LogP contribution in [0.5, 0.6) is 0 Å². The Hall–Kier alpha value is -1.08. The van der Waals surface area contributed by atoms with E-state index in [4.69, 9.17) is 9.31 Å². The highest BCUT2D eigenvalue weighted by atomic mass is 19.4. The van der Waals surface area contributed by atoms with E-state index in [1.165, 1.54) is 12.1 Å². The van der Waals surface area contributed by atoms with Crippen molar-refractivity contribution in [3.63, 3.8) is 0 Å². The summed E-state index contributed by atoms with van der Waals surface area (Å²) in [5, 5.41) is 0. The van der Waals surface area contributed by atoms with Gasteiger partial charge in [0.1, 0.15) is 0 Å². The first-order chi connectivity index (χ1) is 9.00. The van der Waals surface area contributed by atoms with Gasteiger partial charge in [-0.05, 0) is 39.8 Å². The van der Waals surface area contributed by atoms with Crippen molar-refractivity contribution in [1.29, 1.82) is 0 Å². The first-order valence-corrected chi connectivity index (χ1v) is 6.38. The van der Waals surface area contributed by atoms with Gasteiger partial charge in [0.25, 0.3) is 0 Å². The van der Waals surface area contributed by atoms with Crippen molar-refractivity contribution >= 4 is 12.7 Å². The second-order valence-electron chi connectivity index (χ2n) is 5.93. The monoisotopic (exact) mass is 287 g/mol. The Balaban J connectivity index is 2.21. The fourth-order valence-corrected chi connectivity index (χ4v) is 1.90. The summed E-state index contributed by atoms with van der Waals surface area (Å²) >= 11 is 0. The van der Waals surface area contributed by atoms with Crippen LogP contribution in [-0.2, 0) is 15.7 Å². The van der Waals surface area contributed by atoms with Crippen LogP contribution >= 0.6 is 0 Å². The minimum atomic E-state index is -4.28. The Morgan fingerprint density at radius 2 is 1.65 bits per heavy atom. The predicted molar refractivity (Wildman–Crippen MR) is 69.7 cm³/mol. The maximum Gasteiger partial charge on any atom is 0.514 e. The zero-order chi connectivity index (χ0) is 15.2. The van der Waals surface area contributed by atoms with E-state index >= 15 is 0 Å². The molecule has 0 bridgehead atoms. The van der Waals surface area contributed by atoms with Gasteiger partial charge in [0.15, 0.2) is 0 Å². The number of alkyl halides is 3. The molecule has 1 saturated heterocycles. The van der Waals surface area contributed by atoms with Crippen molar-refractivity contribution in [3.8, 4) is 0 Å². The van der Waals surface area contributed by atoms with Crippen LogP contribution in [0.2, 0.25) is 0 Å². The summed E-state index contributed by atoms with van der Waals surface area (Å²) in [5.41, 5.74) is -0.756. The van der Waals surface area contributed by atoms with Crippen LogP contribution in [0.4, 0.5) is 13.2 Å². The summed E-state index contributed by atoms with van der Waals surface area (Å²) in [5.74, 6) is 0. The summed E-state index contributed by atoms with van der Waals surface area (Å²) in [6.07, 6.45) is -5.33. The van der Waals surface area contributed by atoms with Gasteiger partial charge in [0.05, 0.1) is 23.2 Å². The third-order valence-electron chi connectivity index (χ3n) is 3.70. The largest absolute Gasteiger partial charge is 0.514 e. The quantitative estimate of drug-likeness (QED) is 0.783. The summed E-state index contributed by atoms with van der Waals surface area (Å²) < 4.78 is 48.7. The maximum absolute atomic E-state index is 12.4. The summed E-state index contributed by atoms with van der Waals surface area (Å²) in [4.78, 5) is 4.00. The third-order valence-corrected chi connectivity index (χ3v) is 3.70. The van der Waals surface area contributed by atoms with Crippen molar-refractivity contribution in [2.24, 2.45) is 0 Å². The number of hydrogen-bond donors (Lipinski definition) is 0. The average Bonchev–Trinajstić information content (AvgIpc) is 2.46. The van der Waals surface area contributed by atoms with Gasteiger partial charge in [-0.15, -0.1) is 0 Å². The summed E-state index contributed by atoms with van der Waals surface area (Å²) in [7, 11) is -0.742. The highest BCUT2D eigenvalue weighted by Crippen LogP contribution is 2.36. The topological polar surface area (TPSA) is 31.4 Å².